The van der Waals surface area contributed by atoms with Gasteiger partial charge in [0.1, 0.15) is 5.25 Å². The predicted molar refractivity (Wildman–Crippen MR) is 51.1 cm³/mol. The highest BCUT2D eigenvalue weighted by Crippen LogP contribution is 2.15. The summed E-state index contributed by atoms with van der Waals surface area (Å²) in [5, 5.41) is 5.94. The van der Waals surface area contributed by atoms with E-state index in [0.717, 1.165) is 6.26 Å². The number of rotatable bonds is 1. The van der Waals surface area contributed by atoms with Crippen LogP contribution in [0.1, 0.15) is 6.42 Å². The highest BCUT2D eigenvalue weighted by molar-refractivity contribution is 7.92. The number of carbonyl (C=O) groups is 1. The molecule has 0 saturated carbocycles. The third kappa shape index (κ3) is 5.07. The van der Waals surface area contributed by atoms with E-state index in [1.54, 1.807) is 7.05 Å². The molecule has 0 bridgehead atoms. The molecule has 0 aromatic rings. The molecular weight excluding hydrogens is 231 g/mol. The Labute approximate surface area is 87.2 Å². The fourth-order valence-corrected chi connectivity index (χ4v) is 2.27. The molecule has 88 valence electrons. The topological polar surface area (TPSA) is 74.7 Å². The average molecular weight is 243 g/mol. The van der Waals surface area contributed by atoms with Crippen molar-refractivity contribution < 1.29 is 26.9 Å². The maximum Gasteiger partial charge on any atom is 0.718 e. The van der Waals surface area contributed by atoms with E-state index in [2.05, 4.69) is 0 Å². The van der Waals surface area contributed by atoms with Crippen molar-refractivity contribution in [3.8, 4) is 0 Å². The summed E-state index contributed by atoms with van der Waals surface area (Å²) >= 11 is 0. The first-order valence-electron chi connectivity index (χ1n) is 4.06. The van der Waals surface area contributed by atoms with Gasteiger partial charge in [0.25, 0.3) is 0 Å². The molecule has 0 aliphatic carbocycles. The van der Waals surface area contributed by atoms with Gasteiger partial charge in [-0.05, 0) is 6.42 Å². The number of halogens is 2. The number of carbonyl (C=O) groups excluding carboxylic acids is 1. The Morgan fingerprint density at radius 3 is 2.07 bits per heavy atom. The van der Waals surface area contributed by atoms with Crippen LogP contribution in [0.3, 0.4) is 0 Å². The summed E-state index contributed by atoms with van der Waals surface area (Å²) < 4.78 is 41.7. The number of amides is 1. The molecule has 5 nitrogen and oxygen atoms in total. The molecule has 1 unspecified atom stereocenters. The van der Waals surface area contributed by atoms with E-state index in [0.29, 0.717) is 13.0 Å². The minimum absolute atomic E-state index is 0.271. The molecule has 0 aromatic heterocycles. The Morgan fingerprint density at radius 2 is 1.93 bits per heavy atom. The minimum atomic E-state index is -3.18. The molecule has 1 aliphatic rings. The van der Waals surface area contributed by atoms with Crippen molar-refractivity contribution in [2.75, 3.05) is 19.8 Å². The van der Waals surface area contributed by atoms with E-state index in [-0.39, 0.29) is 5.91 Å². The van der Waals surface area contributed by atoms with Crippen molar-refractivity contribution in [1.82, 2.24) is 4.90 Å². The molecule has 15 heavy (non-hydrogen) atoms. The van der Waals surface area contributed by atoms with Crippen molar-refractivity contribution >= 4 is 23.2 Å². The Balaban J connectivity index is 0.000000423. The molecule has 0 spiro atoms. The van der Waals surface area contributed by atoms with Crippen molar-refractivity contribution in [2.24, 2.45) is 0 Å². The van der Waals surface area contributed by atoms with E-state index in [4.69, 9.17) is 5.02 Å². The lowest BCUT2D eigenvalue weighted by Crippen LogP contribution is -2.30. The second-order valence-corrected chi connectivity index (χ2v) is 5.37. The Kier molecular flexibility index (Phi) is 5.16. The van der Waals surface area contributed by atoms with Crippen LogP contribution in [0.5, 0.6) is 0 Å². The second kappa shape index (κ2) is 5.41. The predicted octanol–water partition coefficient (Wildman–Crippen LogP) is -0.836. The summed E-state index contributed by atoms with van der Waals surface area (Å²) in [6.07, 6.45) is 1.54. The monoisotopic (exact) mass is 243 g/mol. The van der Waals surface area contributed by atoms with Crippen molar-refractivity contribution in [2.45, 2.75) is 11.7 Å². The lowest BCUT2D eigenvalue weighted by atomic mass is 10.4. The van der Waals surface area contributed by atoms with E-state index in [1.807, 2.05) is 0 Å². The van der Waals surface area contributed by atoms with Gasteiger partial charge in [0.15, 0.2) is 9.84 Å². The molecule has 9 heteroatoms. The van der Waals surface area contributed by atoms with Gasteiger partial charge < -0.3 is 9.92 Å². The zero-order valence-corrected chi connectivity index (χ0v) is 9.17. The smallest absolute Gasteiger partial charge is 0.395 e. The summed E-state index contributed by atoms with van der Waals surface area (Å²) in [4.78, 5) is 12.5. The molecular formula is C6H12BF2NO4S. The van der Waals surface area contributed by atoms with Crippen molar-refractivity contribution in [1.29, 1.82) is 0 Å². The van der Waals surface area contributed by atoms with Gasteiger partial charge in [-0.1, -0.05) is 0 Å². The van der Waals surface area contributed by atoms with E-state index < -0.39 is 22.6 Å². The quantitative estimate of drug-likeness (QED) is 0.609. The van der Waals surface area contributed by atoms with Gasteiger partial charge in [-0.25, -0.2) is 8.42 Å². The fraction of sp³-hybridized carbons (Fsp3) is 0.833. The summed E-state index contributed by atoms with van der Waals surface area (Å²) in [7, 11) is -4.72. The molecule has 0 aromatic carbocycles. The van der Waals surface area contributed by atoms with Crippen LogP contribution < -0.4 is 0 Å². The highest BCUT2D eigenvalue weighted by atomic mass is 32.2. The first kappa shape index (κ1) is 14.3. The minimum Gasteiger partial charge on any atom is -0.395 e. The van der Waals surface area contributed by atoms with Crippen molar-refractivity contribution in [3.05, 3.63) is 0 Å². The number of hydrogen-bond acceptors (Lipinski definition) is 4. The molecule has 0 radical (unpaired) electrons. The van der Waals surface area contributed by atoms with Crippen LogP contribution in [0.15, 0.2) is 0 Å². The van der Waals surface area contributed by atoms with Gasteiger partial charge in [-0.15, -0.1) is 0 Å². The average Bonchev–Trinajstić information content (AvgIpc) is 2.29. The molecule has 1 heterocycles. The first-order valence-corrected chi connectivity index (χ1v) is 6.01. The number of likely N-dealkylation sites (tertiary alicyclic amines) is 1. The van der Waals surface area contributed by atoms with Crippen LogP contribution in [-0.2, 0) is 14.6 Å². The van der Waals surface area contributed by atoms with Crippen LogP contribution in [0.2, 0.25) is 0 Å². The Morgan fingerprint density at radius 1 is 1.53 bits per heavy atom. The third-order valence-electron chi connectivity index (χ3n) is 1.90. The van der Waals surface area contributed by atoms with Crippen LogP contribution in [-0.4, -0.2) is 56.8 Å². The number of hydrogen-bond donors (Lipinski definition) is 1. The SMILES string of the molecule is CN1CCC(S(C)(=O)=O)C1=O.OB(F)F. The lowest BCUT2D eigenvalue weighted by Gasteiger charge is -2.07. The molecule has 1 atom stereocenters. The normalized spacial score (nSPS) is 21.0. The molecule has 1 amide bonds. The van der Waals surface area contributed by atoms with E-state index in [1.165, 1.54) is 4.90 Å². The maximum atomic E-state index is 11.1. The number of nitrogens with zero attached hydrogens (tertiary/aromatic N) is 1. The molecule has 1 N–H and O–H groups in total. The van der Waals surface area contributed by atoms with Gasteiger partial charge >= 0.3 is 7.47 Å². The van der Waals surface area contributed by atoms with Crippen LogP contribution in [0, 0.1) is 0 Å². The summed E-state index contributed by atoms with van der Waals surface area (Å²) in [6, 6.07) is 0. The van der Waals surface area contributed by atoms with Gasteiger partial charge in [0.05, 0.1) is 0 Å². The molecule has 1 saturated heterocycles. The Hall–Kier alpha value is -0.695. The van der Waals surface area contributed by atoms with Gasteiger partial charge in [0.2, 0.25) is 5.91 Å². The Bertz CT molecular complexity index is 318. The van der Waals surface area contributed by atoms with Gasteiger partial charge in [-0.2, -0.15) is 0 Å². The summed E-state index contributed by atoms with van der Waals surface area (Å²) in [5.41, 5.74) is 0. The van der Waals surface area contributed by atoms with E-state index >= 15 is 0 Å². The summed E-state index contributed by atoms with van der Waals surface area (Å²) in [6.45, 7) is 0.552. The van der Waals surface area contributed by atoms with Crippen LogP contribution in [0.25, 0.3) is 0 Å². The zero-order chi connectivity index (χ0) is 12.2. The second-order valence-electron chi connectivity index (χ2n) is 3.14. The fourth-order valence-electron chi connectivity index (χ4n) is 1.19. The van der Waals surface area contributed by atoms with Gasteiger partial charge in [0, 0.05) is 19.8 Å². The first-order chi connectivity index (χ1) is 6.66. The highest BCUT2D eigenvalue weighted by Gasteiger charge is 2.36. The zero-order valence-electron chi connectivity index (χ0n) is 8.35. The lowest BCUT2D eigenvalue weighted by molar-refractivity contribution is -0.126. The van der Waals surface area contributed by atoms with E-state index in [9.17, 15) is 21.8 Å². The summed E-state index contributed by atoms with van der Waals surface area (Å²) in [5.74, 6) is -0.271. The van der Waals surface area contributed by atoms with Crippen LogP contribution >= 0.6 is 0 Å². The van der Waals surface area contributed by atoms with Crippen LogP contribution in [0.4, 0.5) is 8.63 Å². The number of sulfone groups is 1. The van der Waals surface area contributed by atoms with Crippen molar-refractivity contribution in [3.63, 3.8) is 0 Å². The van der Waals surface area contributed by atoms with Gasteiger partial charge in [-0.3, -0.25) is 13.4 Å². The standard InChI is InChI=1S/C6H11NO3S.BF2HO/c1-7-4-3-5(6(7)8)11(2,9)10;2-1(3)4/h5H,3-4H2,1-2H3;4H. The molecule has 1 aliphatic heterocycles. The molecule has 1 fully saturated rings. The largest absolute Gasteiger partial charge is 0.718 e. The maximum absolute atomic E-state index is 11.1. The third-order valence-corrected chi connectivity index (χ3v) is 3.37. The molecule has 1 rings (SSSR count).